The van der Waals surface area contributed by atoms with Crippen molar-refractivity contribution in [2.24, 2.45) is 0 Å². The molecule has 0 atom stereocenters. The highest BCUT2D eigenvalue weighted by Gasteiger charge is 2.28. The summed E-state index contributed by atoms with van der Waals surface area (Å²) in [6, 6.07) is 6.32. The Bertz CT molecular complexity index is 999. The maximum atomic E-state index is 13.5. The van der Waals surface area contributed by atoms with E-state index >= 15 is 0 Å². The number of rotatable bonds is 3. The van der Waals surface area contributed by atoms with E-state index in [1.807, 2.05) is 0 Å². The number of carbonyl (C=O) groups is 2. The largest absolute Gasteiger partial charge is 0.330 e. The first-order valence-corrected chi connectivity index (χ1v) is 8.56. The fraction of sp³-hybridized carbons (Fsp3) is 0.0909. The van der Waals surface area contributed by atoms with Crippen LogP contribution in [-0.2, 0) is 9.59 Å². The van der Waals surface area contributed by atoms with Gasteiger partial charge in [-0.25, -0.2) is 17.6 Å². The van der Waals surface area contributed by atoms with Gasteiger partial charge in [-0.15, -0.1) is 0 Å². The van der Waals surface area contributed by atoms with Crippen LogP contribution in [0.4, 0.5) is 17.6 Å². The van der Waals surface area contributed by atoms with E-state index in [9.17, 15) is 27.2 Å². The number of halogens is 4. The lowest BCUT2D eigenvalue weighted by molar-refractivity contribution is -0.126. The number of piperidine rings is 1. The van der Waals surface area contributed by atoms with E-state index < -0.39 is 35.0 Å². The van der Waals surface area contributed by atoms with Crippen LogP contribution in [0.5, 0.6) is 0 Å². The molecule has 0 spiro atoms. The van der Waals surface area contributed by atoms with Crippen molar-refractivity contribution in [1.82, 2.24) is 4.90 Å². The maximum absolute atomic E-state index is 13.5. The normalized spacial score (nSPS) is 17.1. The van der Waals surface area contributed by atoms with Crippen LogP contribution in [0.1, 0.15) is 11.1 Å². The molecule has 2 aromatic carbocycles. The van der Waals surface area contributed by atoms with E-state index in [0.717, 1.165) is 30.3 Å². The summed E-state index contributed by atoms with van der Waals surface area (Å²) < 4.78 is 53.2. The Balaban J connectivity index is 2.03. The molecule has 1 fully saturated rings. The molecule has 29 heavy (non-hydrogen) atoms. The molecule has 0 aliphatic carbocycles. The predicted molar refractivity (Wildman–Crippen MR) is 100 cm³/mol. The molecule has 148 valence electrons. The maximum Gasteiger partial charge on any atom is 0.246 e. The van der Waals surface area contributed by atoms with Gasteiger partial charge in [0.2, 0.25) is 5.91 Å². The second kappa shape index (κ2) is 8.26. The summed E-state index contributed by atoms with van der Waals surface area (Å²) in [6.07, 6.45) is 3.79. The van der Waals surface area contributed by atoms with Crippen LogP contribution in [-0.4, -0.2) is 29.7 Å². The van der Waals surface area contributed by atoms with Gasteiger partial charge in [-0.1, -0.05) is 18.7 Å². The van der Waals surface area contributed by atoms with E-state index in [1.165, 1.54) is 29.2 Å². The van der Waals surface area contributed by atoms with E-state index in [1.54, 1.807) is 0 Å². The minimum atomic E-state index is -1.07. The Morgan fingerprint density at radius 2 is 1.28 bits per heavy atom. The van der Waals surface area contributed by atoms with Gasteiger partial charge in [-0.3, -0.25) is 9.59 Å². The lowest BCUT2D eigenvalue weighted by atomic mass is 9.94. The summed E-state index contributed by atoms with van der Waals surface area (Å²) in [5.74, 6) is -5.06. The number of amides is 1. The molecule has 1 amide bonds. The molecular weight excluding hydrogens is 386 g/mol. The van der Waals surface area contributed by atoms with Gasteiger partial charge in [0.1, 0.15) is 0 Å². The zero-order valence-electron chi connectivity index (χ0n) is 15.1. The summed E-state index contributed by atoms with van der Waals surface area (Å²) in [7, 11) is 0. The highest BCUT2D eigenvalue weighted by atomic mass is 19.2. The number of Topliss-reactive ketones (excluding diaryl/α,β-unsaturated/α-hetero) is 1. The highest BCUT2D eigenvalue weighted by Crippen LogP contribution is 2.23. The molecule has 1 aliphatic rings. The van der Waals surface area contributed by atoms with Crippen molar-refractivity contribution < 1.29 is 27.2 Å². The molecule has 0 radical (unpaired) electrons. The van der Waals surface area contributed by atoms with Gasteiger partial charge in [0.25, 0.3) is 0 Å². The molecule has 0 bridgehead atoms. The molecule has 2 aromatic rings. The number of likely N-dealkylation sites (tertiary alicyclic amines) is 1. The first-order chi connectivity index (χ1) is 13.8. The van der Waals surface area contributed by atoms with Crippen molar-refractivity contribution in [2.75, 3.05) is 13.1 Å². The third kappa shape index (κ3) is 4.51. The second-order valence-corrected chi connectivity index (χ2v) is 6.41. The molecule has 1 heterocycles. The molecule has 1 saturated heterocycles. The van der Waals surface area contributed by atoms with E-state index in [4.69, 9.17) is 0 Å². The number of hydrogen-bond acceptors (Lipinski definition) is 2. The Morgan fingerprint density at radius 1 is 0.828 bits per heavy atom. The fourth-order valence-corrected chi connectivity index (χ4v) is 2.93. The monoisotopic (exact) mass is 401 g/mol. The SMILES string of the molecule is C=CC(=O)N1C/C(=C\c2ccc(F)c(F)c2)C(=O)/C(=C/c2ccc(F)c(F)c2)C1. The van der Waals surface area contributed by atoms with Crippen molar-refractivity contribution in [3.8, 4) is 0 Å². The minimum Gasteiger partial charge on any atom is -0.330 e. The Kier molecular flexibility index (Phi) is 5.77. The van der Waals surface area contributed by atoms with Crippen molar-refractivity contribution in [3.63, 3.8) is 0 Å². The topological polar surface area (TPSA) is 37.4 Å². The Hall–Kier alpha value is -3.48. The Morgan fingerprint density at radius 3 is 1.66 bits per heavy atom. The molecule has 3 rings (SSSR count). The van der Waals surface area contributed by atoms with Gasteiger partial charge in [-0.2, -0.15) is 0 Å². The highest BCUT2D eigenvalue weighted by molar-refractivity contribution is 6.15. The van der Waals surface area contributed by atoms with Crippen LogP contribution >= 0.6 is 0 Å². The Labute approximate surface area is 164 Å². The van der Waals surface area contributed by atoms with E-state index in [2.05, 4.69) is 6.58 Å². The van der Waals surface area contributed by atoms with Crippen LogP contribution in [0.25, 0.3) is 12.2 Å². The number of nitrogens with zero attached hydrogens (tertiary/aromatic N) is 1. The molecule has 0 aromatic heterocycles. The standard InChI is InChI=1S/C22H15F4NO2/c1-2-21(28)27-11-15(7-13-3-5-17(23)19(25)9-13)22(29)16(12-27)8-14-4-6-18(24)20(26)10-14/h2-10H,1,11-12H2/b15-7+,16-8+. The average Bonchev–Trinajstić information content (AvgIpc) is 2.69. The summed E-state index contributed by atoms with van der Waals surface area (Å²) in [5.41, 5.74) is 0.803. The first-order valence-electron chi connectivity index (χ1n) is 8.56. The van der Waals surface area contributed by atoms with Crippen LogP contribution in [0, 0.1) is 23.3 Å². The van der Waals surface area contributed by atoms with Crippen molar-refractivity contribution in [2.45, 2.75) is 0 Å². The van der Waals surface area contributed by atoms with Crippen molar-refractivity contribution in [3.05, 3.63) is 94.6 Å². The van der Waals surface area contributed by atoms with E-state index in [0.29, 0.717) is 0 Å². The number of hydrogen-bond donors (Lipinski definition) is 0. The molecular formula is C22H15F4NO2. The second-order valence-electron chi connectivity index (χ2n) is 6.41. The van der Waals surface area contributed by atoms with E-state index in [-0.39, 0.29) is 35.4 Å². The average molecular weight is 401 g/mol. The minimum absolute atomic E-state index is 0.0577. The number of benzene rings is 2. The predicted octanol–water partition coefficient (Wildman–Crippen LogP) is 4.31. The molecule has 3 nitrogen and oxygen atoms in total. The third-order valence-corrected chi connectivity index (χ3v) is 4.36. The van der Waals surface area contributed by atoms with Gasteiger partial charge in [0.05, 0.1) is 13.1 Å². The van der Waals surface area contributed by atoms with Crippen molar-refractivity contribution >= 4 is 23.8 Å². The molecule has 0 unspecified atom stereocenters. The van der Waals surface area contributed by atoms with Crippen LogP contribution in [0.15, 0.2) is 60.2 Å². The lowest BCUT2D eigenvalue weighted by Gasteiger charge is -2.29. The summed E-state index contributed by atoms with van der Waals surface area (Å²) >= 11 is 0. The van der Waals surface area contributed by atoms with Crippen LogP contribution in [0.2, 0.25) is 0 Å². The molecule has 1 aliphatic heterocycles. The number of ketones is 1. The van der Waals surface area contributed by atoms with Gasteiger partial charge < -0.3 is 4.90 Å². The van der Waals surface area contributed by atoms with Gasteiger partial charge in [-0.05, 0) is 53.6 Å². The van der Waals surface area contributed by atoms with Gasteiger partial charge in [0, 0.05) is 11.1 Å². The lowest BCUT2D eigenvalue weighted by Crippen LogP contribution is -2.40. The van der Waals surface area contributed by atoms with Crippen LogP contribution in [0.3, 0.4) is 0 Å². The van der Waals surface area contributed by atoms with Crippen LogP contribution < -0.4 is 0 Å². The summed E-state index contributed by atoms with van der Waals surface area (Å²) in [6.45, 7) is 3.30. The molecule has 0 N–H and O–H groups in total. The summed E-state index contributed by atoms with van der Waals surface area (Å²) in [5, 5.41) is 0. The smallest absolute Gasteiger partial charge is 0.246 e. The fourth-order valence-electron chi connectivity index (χ4n) is 2.93. The first kappa shape index (κ1) is 20.3. The summed E-state index contributed by atoms with van der Waals surface area (Å²) in [4.78, 5) is 26.3. The zero-order valence-corrected chi connectivity index (χ0v) is 15.1. The van der Waals surface area contributed by atoms with Crippen molar-refractivity contribution in [1.29, 1.82) is 0 Å². The van der Waals surface area contributed by atoms with Gasteiger partial charge >= 0.3 is 0 Å². The molecule has 0 saturated carbocycles. The zero-order chi connectivity index (χ0) is 21.1. The molecule has 7 heteroatoms. The number of carbonyl (C=O) groups excluding carboxylic acids is 2. The quantitative estimate of drug-likeness (QED) is 0.568. The van der Waals surface area contributed by atoms with Gasteiger partial charge in [0.15, 0.2) is 29.1 Å². The third-order valence-electron chi connectivity index (χ3n) is 4.36.